The number of rotatable bonds is 4. The van der Waals surface area contributed by atoms with E-state index in [-0.39, 0.29) is 5.78 Å². The Hall–Kier alpha value is -4.57. The molecule has 0 radical (unpaired) electrons. The van der Waals surface area contributed by atoms with Crippen LogP contribution in [0.15, 0.2) is 109 Å². The van der Waals surface area contributed by atoms with Crippen molar-refractivity contribution in [3.63, 3.8) is 0 Å². The summed E-state index contributed by atoms with van der Waals surface area (Å²) in [5.41, 5.74) is 4.07. The summed E-state index contributed by atoms with van der Waals surface area (Å²) in [5, 5.41) is 0. The van der Waals surface area contributed by atoms with Crippen LogP contribution in [-0.4, -0.2) is 17.7 Å². The first-order chi connectivity index (χ1) is 18.9. The second kappa shape index (κ2) is 8.21. The number of carbonyl (C=O) groups is 3. The van der Waals surface area contributed by atoms with Crippen LogP contribution in [0, 0.1) is 25.7 Å². The van der Waals surface area contributed by atoms with Gasteiger partial charge < -0.3 is 4.74 Å². The number of ether oxygens (including phenoxy) is 1. The lowest BCUT2D eigenvalue weighted by molar-refractivity contribution is -0.156. The maximum atomic E-state index is 15.4. The van der Waals surface area contributed by atoms with Gasteiger partial charge in [0.1, 0.15) is 0 Å². The van der Waals surface area contributed by atoms with E-state index in [1.807, 2.05) is 123 Å². The van der Waals surface area contributed by atoms with Gasteiger partial charge in [0, 0.05) is 0 Å². The number of hydrogen-bond acceptors (Lipinski definition) is 4. The minimum absolute atomic E-state index is 0.140. The number of esters is 2. The van der Waals surface area contributed by atoms with E-state index in [1.54, 1.807) is 0 Å². The normalized spacial score (nSPS) is 27.2. The molecule has 1 heterocycles. The molecule has 1 aliphatic heterocycles. The van der Waals surface area contributed by atoms with Crippen molar-refractivity contribution < 1.29 is 19.1 Å². The monoisotopic (exact) mass is 510 g/mol. The first-order valence-corrected chi connectivity index (χ1v) is 13.2. The molecule has 4 heteroatoms. The molecule has 0 N–H and O–H groups in total. The summed E-state index contributed by atoms with van der Waals surface area (Å²) in [6, 6.07) is 35.1. The number of Topliss-reactive ketones (excluding diaryl/α,β-unsaturated/α-hetero) is 1. The van der Waals surface area contributed by atoms with Gasteiger partial charge in [-0.2, -0.15) is 0 Å². The number of allylic oxidation sites excluding steroid dienone is 2. The highest BCUT2D eigenvalue weighted by Gasteiger charge is 2.82. The van der Waals surface area contributed by atoms with E-state index in [0.717, 1.165) is 33.4 Å². The van der Waals surface area contributed by atoms with E-state index in [0.29, 0.717) is 11.1 Å². The molecule has 1 saturated carbocycles. The average Bonchev–Trinajstić information content (AvgIpc) is 3.49. The van der Waals surface area contributed by atoms with Gasteiger partial charge in [0.05, 0.1) is 22.7 Å². The minimum atomic E-state index is -1.39. The van der Waals surface area contributed by atoms with Gasteiger partial charge in [-0.1, -0.05) is 120 Å². The van der Waals surface area contributed by atoms with Crippen LogP contribution in [-0.2, 0) is 30.0 Å². The summed E-state index contributed by atoms with van der Waals surface area (Å²) < 4.78 is 5.40. The van der Waals surface area contributed by atoms with E-state index >= 15 is 4.79 Å². The van der Waals surface area contributed by atoms with Crippen molar-refractivity contribution in [1.29, 1.82) is 0 Å². The Morgan fingerprint density at radius 3 is 1.23 bits per heavy atom. The standard InChI is InChI=1S/C35H26O4/c1-21-13-17-23(18-14-21)27-28(24-19-15-22(2)16-20-24)35(26-11-7-4-8-12-26)30-29(31(36)39-32(30)37)34(27,33(35)38)25-9-5-3-6-10-25/h3-20,29-30H,1-2H3. The number of carbonyl (C=O) groups excluding carboxylic acids is 3. The Labute approximate surface area is 227 Å². The summed E-state index contributed by atoms with van der Waals surface area (Å²) >= 11 is 0. The largest absolute Gasteiger partial charge is 0.393 e. The predicted octanol–water partition coefficient (Wildman–Crippen LogP) is 6.00. The third-order valence-corrected chi connectivity index (χ3v) is 8.87. The highest BCUT2D eigenvalue weighted by Crippen LogP contribution is 2.74. The first kappa shape index (κ1) is 23.5. The third-order valence-electron chi connectivity index (χ3n) is 8.87. The molecule has 2 bridgehead atoms. The van der Waals surface area contributed by atoms with Crippen LogP contribution in [0.3, 0.4) is 0 Å². The zero-order valence-electron chi connectivity index (χ0n) is 21.7. The summed E-state index contributed by atoms with van der Waals surface area (Å²) in [6.07, 6.45) is 0. The molecule has 0 aromatic heterocycles. The lowest BCUT2D eigenvalue weighted by Crippen LogP contribution is -2.41. The molecule has 1 saturated heterocycles. The molecule has 39 heavy (non-hydrogen) atoms. The van der Waals surface area contributed by atoms with E-state index in [4.69, 9.17) is 4.74 Å². The van der Waals surface area contributed by atoms with E-state index in [2.05, 4.69) is 0 Å². The molecule has 7 rings (SSSR count). The quantitative estimate of drug-likeness (QED) is 0.250. The molecule has 2 aliphatic carbocycles. The van der Waals surface area contributed by atoms with Crippen molar-refractivity contribution in [1.82, 2.24) is 0 Å². The molecular formula is C35H26O4. The molecule has 190 valence electrons. The van der Waals surface area contributed by atoms with Crippen LogP contribution in [0.1, 0.15) is 33.4 Å². The van der Waals surface area contributed by atoms with Gasteiger partial charge in [0.2, 0.25) is 0 Å². The number of aryl methyl sites for hydroxylation is 2. The predicted molar refractivity (Wildman–Crippen MR) is 148 cm³/mol. The van der Waals surface area contributed by atoms with Crippen LogP contribution in [0.2, 0.25) is 0 Å². The summed E-state index contributed by atoms with van der Waals surface area (Å²) in [5.74, 6) is -3.34. The SMILES string of the molecule is Cc1ccc(C2=C(c3ccc(C)cc3)C3(c4ccccc4)C(=O)C2(c2ccccc2)C2C(=O)OC(=O)C23)cc1. The number of ketones is 1. The van der Waals surface area contributed by atoms with Crippen LogP contribution < -0.4 is 0 Å². The highest BCUT2D eigenvalue weighted by atomic mass is 16.6. The molecule has 2 fully saturated rings. The minimum Gasteiger partial charge on any atom is -0.393 e. The fourth-order valence-corrected chi connectivity index (χ4v) is 7.37. The third kappa shape index (κ3) is 2.86. The van der Waals surface area contributed by atoms with Crippen molar-refractivity contribution in [2.24, 2.45) is 11.8 Å². The van der Waals surface area contributed by atoms with Crippen LogP contribution >= 0.6 is 0 Å². The molecule has 4 unspecified atom stereocenters. The smallest absolute Gasteiger partial charge is 0.319 e. The van der Waals surface area contributed by atoms with E-state index in [1.165, 1.54) is 0 Å². The molecule has 4 atom stereocenters. The van der Waals surface area contributed by atoms with Crippen LogP contribution in [0.5, 0.6) is 0 Å². The molecule has 4 aromatic rings. The van der Waals surface area contributed by atoms with E-state index in [9.17, 15) is 9.59 Å². The van der Waals surface area contributed by atoms with Gasteiger partial charge in [-0.15, -0.1) is 0 Å². The number of benzene rings is 4. The topological polar surface area (TPSA) is 60.4 Å². The second-order valence-corrected chi connectivity index (χ2v) is 10.9. The van der Waals surface area contributed by atoms with Crippen LogP contribution in [0.4, 0.5) is 0 Å². The van der Waals surface area contributed by atoms with Crippen molar-refractivity contribution in [3.8, 4) is 0 Å². The average molecular weight is 511 g/mol. The fraction of sp³-hybridized carbons (Fsp3) is 0.171. The Morgan fingerprint density at radius 2 is 0.872 bits per heavy atom. The van der Waals surface area contributed by atoms with Crippen molar-refractivity contribution in [2.75, 3.05) is 0 Å². The summed E-state index contributed by atoms with van der Waals surface area (Å²) in [4.78, 5) is 42.7. The van der Waals surface area contributed by atoms with E-state index < -0.39 is 34.6 Å². The fourth-order valence-electron chi connectivity index (χ4n) is 7.37. The molecule has 4 nitrogen and oxygen atoms in total. The van der Waals surface area contributed by atoms with Gasteiger partial charge in [-0.05, 0) is 47.2 Å². The second-order valence-electron chi connectivity index (χ2n) is 10.9. The Kier molecular flexibility index (Phi) is 4.96. The van der Waals surface area contributed by atoms with Gasteiger partial charge in [0.15, 0.2) is 5.78 Å². The Morgan fingerprint density at radius 1 is 0.513 bits per heavy atom. The Bertz CT molecular complexity index is 1560. The zero-order chi connectivity index (χ0) is 26.9. The first-order valence-electron chi connectivity index (χ1n) is 13.2. The van der Waals surface area contributed by atoms with Gasteiger partial charge in [-0.3, -0.25) is 14.4 Å². The highest BCUT2D eigenvalue weighted by molar-refractivity contribution is 6.34. The number of cyclic esters (lactones) is 2. The molecule has 3 aliphatic rings. The lowest BCUT2D eigenvalue weighted by atomic mass is 9.59. The Balaban J connectivity index is 1.72. The number of hydrogen-bond donors (Lipinski definition) is 0. The van der Waals surface area contributed by atoms with Crippen molar-refractivity contribution in [2.45, 2.75) is 24.7 Å². The maximum Gasteiger partial charge on any atom is 0.319 e. The zero-order valence-corrected chi connectivity index (χ0v) is 21.7. The van der Waals surface area contributed by atoms with Gasteiger partial charge in [-0.25, -0.2) is 0 Å². The van der Waals surface area contributed by atoms with Gasteiger partial charge in [0.25, 0.3) is 0 Å². The summed E-state index contributed by atoms with van der Waals surface area (Å²) in [6.45, 7) is 4.04. The molecule has 4 aromatic carbocycles. The lowest BCUT2D eigenvalue weighted by Gasteiger charge is -2.38. The maximum absolute atomic E-state index is 15.4. The van der Waals surface area contributed by atoms with Gasteiger partial charge >= 0.3 is 11.9 Å². The van der Waals surface area contributed by atoms with Crippen molar-refractivity contribution >= 4 is 28.9 Å². The van der Waals surface area contributed by atoms with Crippen molar-refractivity contribution in [3.05, 3.63) is 143 Å². The number of fused-ring (bicyclic) bond motifs is 5. The molecular weight excluding hydrogens is 484 g/mol. The van der Waals surface area contributed by atoms with Crippen LogP contribution in [0.25, 0.3) is 11.1 Å². The molecule has 0 spiro atoms. The summed E-state index contributed by atoms with van der Waals surface area (Å²) in [7, 11) is 0. The molecule has 0 amide bonds.